The van der Waals surface area contributed by atoms with Crippen LogP contribution in [0.4, 0.5) is 0 Å². The molecule has 0 unspecified atom stereocenters. The normalized spacial score (nSPS) is 22.8. The molecule has 1 aliphatic heterocycles. The maximum Gasteiger partial charge on any atom is 0.255 e. The minimum Gasteiger partial charge on any atom is -0.365 e. The average molecular weight is 279 g/mol. The van der Waals surface area contributed by atoms with Gasteiger partial charge in [-0.3, -0.25) is 0 Å². The fourth-order valence-electron chi connectivity index (χ4n) is 2.24. The monoisotopic (exact) mass is 278 g/mol. The van der Waals surface area contributed by atoms with Crippen molar-refractivity contribution in [2.45, 2.75) is 38.4 Å². The quantitative estimate of drug-likeness (QED) is 0.861. The Labute approximate surface area is 116 Å². The Morgan fingerprint density at radius 3 is 2.74 bits per heavy atom. The number of hydrogen-bond acceptors (Lipinski definition) is 4. The van der Waals surface area contributed by atoms with Crippen molar-refractivity contribution in [1.82, 2.24) is 10.1 Å². The zero-order valence-electron chi connectivity index (χ0n) is 10.7. The van der Waals surface area contributed by atoms with Crippen LogP contribution in [0.25, 0.3) is 0 Å². The highest BCUT2D eigenvalue weighted by atomic mass is 35.5. The number of rotatable bonds is 3. The third-order valence-electron chi connectivity index (χ3n) is 3.27. The van der Waals surface area contributed by atoms with Gasteiger partial charge in [0.25, 0.3) is 5.89 Å². The molecule has 0 N–H and O–H groups in total. The summed E-state index contributed by atoms with van der Waals surface area (Å²) in [5, 5.41) is 4.73. The van der Waals surface area contributed by atoms with Crippen LogP contribution in [0.2, 0.25) is 5.02 Å². The standard InChI is InChI=1S/C14H15ClN2O2/c1-9-2-7-12(18-9)14-16-13(17-19-14)8-10-3-5-11(15)6-4-10/h3-6,9,12H,2,7-8H2,1H3/t9-,12-/m0/s1. The second-order valence-corrected chi connectivity index (χ2v) is 5.30. The Morgan fingerprint density at radius 2 is 2.05 bits per heavy atom. The first-order valence-corrected chi connectivity index (χ1v) is 6.81. The Hall–Kier alpha value is -1.39. The molecule has 1 saturated heterocycles. The zero-order valence-corrected chi connectivity index (χ0v) is 11.4. The maximum absolute atomic E-state index is 5.85. The van der Waals surface area contributed by atoms with E-state index in [-0.39, 0.29) is 12.2 Å². The molecule has 2 atom stereocenters. The van der Waals surface area contributed by atoms with E-state index in [0.29, 0.717) is 18.1 Å². The largest absolute Gasteiger partial charge is 0.365 e. The van der Waals surface area contributed by atoms with Gasteiger partial charge in [-0.15, -0.1) is 0 Å². The molecule has 19 heavy (non-hydrogen) atoms. The third kappa shape index (κ3) is 2.96. The summed E-state index contributed by atoms with van der Waals surface area (Å²) in [6.07, 6.45) is 2.87. The van der Waals surface area contributed by atoms with Crippen molar-refractivity contribution >= 4 is 11.6 Å². The predicted octanol–water partition coefficient (Wildman–Crippen LogP) is 3.55. The highest BCUT2D eigenvalue weighted by molar-refractivity contribution is 6.30. The molecule has 0 bridgehead atoms. The van der Waals surface area contributed by atoms with Crippen molar-refractivity contribution in [1.29, 1.82) is 0 Å². The Kier molecular flexibility index (Phi) is 3.53. The first-order chi connectivity index (χ1) is 9.20. The van der Waals surface area contributed by atoms with E-state index >= 15 is 0 Å². The lowest BCUT2D eigenvalue weighted by Crippen LogP contribution is -2.01. The van der Waals surface area contributed by atoms with E-state index in [1.807, 2.05) is 24.3 Å². The summed E-state index contributed by atoms with van der Waals surface area (Å²) in [6, 6.07) is 7.65. The van der Waals surface area contributed by atoms with Gasteiger partial charge >= 0.3 is 0 Å². The molecule has 2 heterocycles. The first-order valence-electron chi connectivity index (χ1n) is 6.43. The van der Waals surface area contributed by atoms with Crippen molar-refractivity contribution in [2.24, 2.45) is 0 Å². The van der Waals surface area contributed by atoms with Crippen LogP contribution in [-0.4, -0.2) is 16.2 Å². The van der Waals surface area contributed by atoms with E-state index < -0.39 is 0 Å². The molecule has 1 fully saturated rings. The van der Waals surface area contributed by atoms with Gasteiger partial charge in [0.05, 0.1) is 6.10 Å². The highest BCUT2D eigenvalue weighted by Crippen LogP contribution is 2.31. The number of aromatic nitrogens is 2. The summed E-state index contributed by atoms with van der Waals surface area (Å²) in [5.41, 5.74) is 1.11. The fraction of sp³-hybridized carbons (Fsp3) is 0.429. The zero-order chi connectivity index (χ0) is 13.2. The Morgan fingerprint density at radius 1 is 1.26 bits per heavy atom. The van der Waals surface area contributed by atoms with Gasteiger partial charge in [0.1, 0.15) is 6.10 Å². The van der Waals surface area contributed by atoms with Crippen molar-refractivity contribution in [3.8, 4) is 0 Å². The second-order valence-electron chi connectivity index (χ2n) is 4.86. The highest BCUT2D eigenvalue weighted by Gasteiger charge is 2.28. The predicted molar refractivity (Wildman–Crippen MR) is 71.1 cm³/mol. The molecule has 0 radical (unpaired) electrons. The van der Waals surface area contributed by atoms with Crippen molar-refractivity contribution in [3.63, 3.8) is 0 Å². The van der Waals surface area contributed by atoms with Crippen LogP contribution in [0.1, 0.15) is 43.1 Å². The molecule has 5 heteroatoms. The summed E-state index contributed by atoms with van der Waals surface area (Å²) in [6.45, 7) is 2.06. The van der Waals surface area contributed by atoms with E-state index in [1.165, 1.54) is 0 Å². The summed E-state index contributed by atoms with van der Waals surface area (Å²) in [4.78, 5) is 4.41. The summed E-state index contributed by atoms with van der Waals surface area (Å²) in [7, 11) is 0. The van der Waals surface area contributed by atoms with Gasteiger partial charge in [-0.25, -0.2) is 0 Å². The molecular weight excluding hydrogens is 264 g/mol. The lowest BCUT2D eigenvalue weighted by atomic mass is 10.1. The number of hydrogen-bond donors (Lipinski definition) is 0. The molecule has 1 aromatic carbocycles. The fourth-order valence-corrected chi connectivity index (χ4v) is 2.37. The molecule has 0 saturated carbocycles. The Bertz CT molecular complexity index is 553. The van der Waals surface area contributed by atoms with E-state index in [0.717, 1.165) is 23.4 Å². The van der Waals surface area contributed by atoms with E-state index in [9.17, 15) is 0 Å². The smallest absolute Gasteiger partial charge is 0.255 e. The molecule has 100 valence electrons. The van der Waals surface area contributed by atoms with Gasteiger partial charge in [0, 0.05) is 11.4 Å². The van der Waals surface area contributed by atoms with Crippen molar-refractivity contribution in [3.05, 3.63) is 46.6 Å². The number of ether oxygens (including phenoxy) is 1. The van der Waals surface area contributed by atoms with Gasteiger partial charge in [0.15, 0.2) is 5.82 Å². The van der Waals surface area contributed by atoms with E-state index in [4.69, 9.17) is 20.9 Å². The number of nitrogens with zero attached hydrogens (tertiary/aromatic N) is 2. The molecule has 0 spiro atoms. The van der Waals surface area contributed by atoms with Crippen LogP contribution >= 0.6 is 11.6 Å². The molecular formula is C14H15ClN2O2. The van der Waals surface area contributed by atoms with E-state index in [2.05, 4.69) is 17.1 Å². The topological polar surface area (TPSA) is 48.2 Å². The third-order valence-corrected chi connectivity index (χ3v) is 3.52. The number of benzene rings is 1. The van der Waals surface area contributed by atoms with Gasteiger partial charge < -0.3 is 9.26 Å². The van der Waals surface area contributed by atoms with Crippen LogP contribution in [0, 0.1) is 0 Å². The molecule has 4 nitrogen and oxygen atoms in total. The molecule has 1 aromatic heterocycles. The molecule has 3 rings (SSSR count). The van der Waals surface area contributed by atoms with Crippen LogP contribution in [0.5, 0.6) is 0 Å². The molecule has 2 aromatic rings. The minimum absolute atomic E-state index is 0.0403. The van der Waals surface area contributed by atoms with Crippen molar-refractivity contribution < 1.29 is 9.26 Å². The molecule has 1 aliphatic rings. The summed E-state index contributed by atoms with van der Waals surface area (Å²) < 4.78 is 11.0. The molecule has 0 amide bonds. The minimum atomic E-state index is -0.0403. The molecule has 0 aliphatic carbocycles. The van der Waals surface area contributed by atoms with Gasteiger partial charge in [0.2, 0.25) is 0 Å². The van der Waals surface area contributed by atoms with Crippen LogP contribution in [-0.2, 0) is 11.2 Å². The number of halogens is 1. The van der Waals surface area contributed by atoms with Crippen LogP contribution in [0.3, 0.4) is 0 Å². The van der Waals surface area contributed by atoms with E-state index in [1.54, 1.807) is 0 Å². The van der Waals surface area contributed by atoms with Gasteiger partial charge in [-0.05, 0) is 37.5 Å². The van der Waals surface area contributed by atoms with Gasteiger partial charge in [-0.2, -0.15) is 4.98 Å². The Balaban J connectivity index is 1.69. The summed E-state index contributed by atoms with van der Waals surface area (Å²) >= 11 is 5.85. The van der Waals surface area contributed by atoms with Crippen molar-refractivity contribution in [2.75, 3.05) is 0 Å². The van der Waals surface area contributed by atoms with Gasteiger partial charge in [-0.1, -0.05) is 28.9 Å². The lowest BCUT2D eigenvalue weighted by Gasteiger charge is -2.04. The maximum atomic E-state index is 5.85. The lowest BCUT2D eigenvalue weighted by molar-refractivity contribution is 0.0355. The van der Waals surface area contributed by atoms with Crippen LogP contribution in [0.15, 0.2) is 28.8 Å². The first kappa shape index (κ1) is 12.6. The van der Waals surface area contributed by atoms with Crippen LogP contribution < -0.4 is 0 Å². The average Bonchev–Trinajstić information content (AvgIpc) is 3.01. The summed E-state index contributed by atoms with van der Waals surface area (Å²) in [5.74, 6) is 1.27. The second kappa shape index (κ2) is 5.31. The SMILES string of the molecule is C[C@H]1CC[C@@H](c2nc(Cc3ccc(Cl)cc3)no2)O1.